The second kappa shape index (κ2) is 22.4. The van der Waals surface area contributed by atoms with Crippen molar-refractivity contribution in [3.05, 3.63) is 130 Å². The minimum atomic E-state index is -1.47. The molecule has 0 saturated heterocycles. The number of aliphatic hydroxyl groups excluding tert-OH is 1. The number of benzene rings is 2. The lowest BCUT2D eigenvalue weighted by atomic mass is 9.85. The number of nitrogens with one attached hydrogen (secondary N) is 2. The molecule has 0 aliphatic heterocycles. The lowest BCUT2D eigenvalue weighted by Crippen LogP contribution is -2.29. The van der Waals surface area contributed by atoms with Crippen molar-refractivity contribution in [3.8, 4) is 5.75 Å². The summed E-state index contributed by atoms with van der Waals surface area (Å²) in [5.41, 5.74) is 0.713. The first-order valence-corrected chi connectivity index (χ1v) is 18.4. The van der Waals surface area contributed by atoms with E-state index in [0.717, 1.165) is 74.8 Å². The third-order valence-electron chi connectivity index (χ3n) is 8.64. The van der Waals surface area contributed by atoms with Crippen molar-refractivity contribution in [3.63, 3.8) is 0 Å². The molecule has 5 rings (SSSR count). The number of aromatic amines is 1. The Labute approximate surface area is 307 Å². The van der Waals surface area contributed by atoms with Crippen LogP contribution >= 0.6 is 0 Å². The Morgan fingerprint density at radius 3 is 2.48 bits per heavy atom. The van der Waals surface area contributed by atoms with E-state index in [-0.39, 0.29) is 17.2 Å². The maximum Gasteiger partial charge on any atom is 0.248 e. The quantitative estimate of drug-likeness (QED) is 0.0564. The van der Waals surface area contributed by atoms with Crippen LogP contribution in [0.15, 0.2) is 106 Å². The molecule has 0 radical (unpaired) electrons. The van der Waals surface area contributed by atoms with E-state index < -0.39 is 11.7 Å². The van der Waals surface area contributed by atoms with Crippen LogP contribution in [0.1, 0.15) is 94.6 Å². The van der Waals surface area contributed by atoms with Crippen LogP contribution in [-0.4, -0.2) is 63.2 Å². The summed E-state index contributed by atoms with van der Waals surface area (Å²) in [6, 6.07) is 15.8. The normalized spacial score (nSPS) is 14.0. The van der Waals surface area contributed by atoms with E-state index >= 15 is 0 Å². The molecule has 2 heterocycles. The summed E-state index contributed by atoms with van der Waals surface area (Å²) in [7, 11) is 2.08. The number of oxazole rings is 1. The molecule has 10 nitrogen and oxygen atoms in total. The zero-order valence-electron chi connectivity index (χ0n) is 31.1. The first-order chi connectivity index (χ1) is 25.3. The van der Waals surface area contributed by atoms with Crippen molar-refractivity contribution in [1.29, 1.82) is 0 Å². The monoisotopic (exact) mass is 712 g/mol. The fourth-order valence-corrected chi connectivity index (χ4v) is 6.07. The molecular weight excluding hydrogens is 656 g/mol. The molecule has 1 aliphatic carbocycles. The van der Waals surface area contributed by atoms with Crippen LogP contribution in [0.3, 0.4) is 0 Å². The number of phenols is 1. The molecule has 0 amide bonds. The molecule has 0 bridgehead atoms. The number of rotatable bonds is 17. The van der Waals surface area contributed by atoms with Gasteiger partial charge in [-0.1, -0.05) is 106 Å². The van der Waals surface area contributed by atoms with E-state index in [1.165, 1.54) is 25.5 Å². The molecule has 2 atom stereocenters. The van der Waals surface area contributed by atoms with Crippen LogP contribution in [-0.2, 0) is 16.9 Å². The predicted octanol–water partition coefficient (Wildman–Crippen LogP) is 7.23. The summed E-state index contributed by atoms with van der Waals surface area (Å²) >= 11 is 0. The number of phenolic OH excluding ortho intramolecular Hbond substituents is 1. The number of hydrogen-bond donors (Lipinski definition) is 5. The van der Waals surface area contributed by atoms with Crippen LogP contribution in [0.4, 0.5) is 0 Å². The number of allylic oxidation sites excluding steroid dienone is 4. The minimum absolute atomic E-state index is 0.00989. The zero-order valence-corrected chi connectivity index (χ0v) is 31.1. The van der Waals surface area contributed by atoms with Gasteiger partial charge in [0.05, 0.1) is 24.4 Å². The Morgan fingerprint density at radius 1 is 1.02 bits per heavy atom. The lowest BCUT2D eigenvalue weighted by molar-refractivity contribution is -0.106. The Bertz CT molecular complexity index is 1800. The fraction of sp³-hybridized carbons (Fsp3) is 0.405. The smallest absolute Gasteiger partial charge is 0.248 e. The number of hydrogen-bond acceptors (Lipinski definition) is 9. The Hall–Kier alpha value is -4.61. The highest BCUT2D eigenvalue weighted by Crippen LogP contribution is 2.38. The van der Waals surface area contributed by atoms with Crippen LogP contribution in [0, 0.1) is 0 Å². The van der Waals surface area contributed by atoms with Crippen LogP contribution in [0.5, 0.6) is 5.75 Å². The summed E-state index contributed by atoms with van der Waals surface area (Å²) < 4.78 is 6.18. The summed E-state index contributed by atoms with van der Waals surface area (Å²) in [5, 5.41) is 36.7. The second-order valence-electron chi connectivity index (χ2n) is 12.5. The number of aliphatic hydroxyl groups is 2. The van der Waals surface area contributed by atoms with Crippen molar-refractivity contribution >= 4 is 17.2 Å². The molecular formula is C42H56N4O6. The largest absolute Gasteiger partial charge is 0.506 e. The predicted molar refractivity (Wildman–Crippen MR) is 208 cm³/mol. The van der Waals surface area contributed by atoms with Gasteiger partial charge in [-0.2, -0.15) is 0 Å². The van der Waals surface area contributed by atoms with Gasteiger partial charge in [0.15, 0.2) is 5.60 Å². The third-order valence-corrected chi connectivity index (χ3v) is 8.64. The highest BCUT2D eigenvalue weighted by Gasteiger charge is 2.39. The molecule has 0 fully saturated rings. The van der Waals surface area contributed by atoms with E-state index in [9.17, 15) is 20.1 Å². The van der Waals surface area contributed by atoms with Gasteiger partial charge in [0.25, 0.3) is 0 Å². The average Bonchev–Trinajstić information content (AvgIpc) is 3.45. The van der Waals surface area contributed by atoms with Crippen LogP contribution < -0.4 is 10.9 Å². The number of nitrogens with zero attached hydrogens (tertiary/aromatic N) is 2. The zero-order chi connectivity index (χ0) is 37.8. The number of aromatic hydroxyl groups is 1. The molecule has 4 aromatic rings. The summed E-state index contributed by atoms with van der Waals surface area (Å²) in [5.74, 6) is 0.990. The van der Waals surface area contributed by atoms with Gasteiger partial charge in [0, 0.05) is 18.0 Å². The maximum atomic E-state index is 12.0. The first kappa shape index (κ1) is 41.8. The number of carbonyl (C=O) groups excluding carboxylic acids is 1. The van der Waals surface area contributed by atoms with E-state index in [2.05, 4.69) is 27.2 Å². The van der Waals surface area contributed by atoms with Crippen LogP contribution in [0.2, 0.25) is 0 Å². The second-order valence-corrected chi connectivity index (χ2v) is 12.5. The standard InChI is InChI=1S/C38H46N4O5.C2H4O.C2H6/c1-42(27-30-25-40-37(47-30)38(46,29-17-11-8-12-18-29)28-15-9-4-5-10-16-28)24-14-7-3-2-6-13-23-39-26-34(44)31-19-21-33(43)36-32(31)20-22-35(45)41-36;1-2-3;1-2/h4-5,8-9,11-12,15-22,25,34,39,43-44,46H,2-3,6-7,10,13-14,23-24,26-27H2,1H3,(H,41,45);2H,1H3;1-2H3. The number of pyridine rings is 1. The Kier molecular flexibility index (Phi) is 18.0. The maximum absolute atomic E-state index is 12.0. The topological polar surface area (TPSA) is 152 Å². The summed E-state index contributed by atoms with van der Waals surface area (Å²) in [6.45, 7) is 8.22. The van der Waals surface area contributed by atoms with Crippen molar-refractivity contribution in [2.75, 3.05) is 26.7 Å². The van der Waals surface area contributed by atoms with E-state index in [1.807, 2.05) is 74.6 Å². The fourth-order valence-electron chi connectivity index (χ4n) is 6.07. The highest BCUT2D eigenvalue weighted by atomic mass is 16.4. The van der Waals surface area contributed by atoms with Crippen LogP contribution in [0.25, 0.3) is 10.9 Å². The van der Waals surface area contributed by atoms with Gasteiger partial charge in [0.2, 0.25) is 11.4 Å². The molecule has 1 aliphatic rings. The van der Waals surface area contributed by atoms with Crippen molar-refractivity contribution in [1.82, 2.24) is 20.2 Å². The lowest BCUT2D eigenvalue weighted by Gasteiger charge is -2.27. The van der Waals surface area contributed by atoms with Gasteiger partial charge >= 0.3 is 0 Å². The van der Waals surface area contributed by atoms with E-state index in [4.69, 9.17) is 9.21 Å². The molecule has 5 N–H and O–H groups in total. The molecule has 10 heteroatoms. The van der Waals surface area contributed by atoms with Crippen molar-refractivity contribution in [2.45, 2.75) is 84.0 Å². The molecule has 0 spiro atoms. The number of fused-ring (bicyclic) bond motifs is 1. The molecule has 52 heavy (non-hydrogen) atoms. The molecule has 280 valence electrons. The molecule has 2 unspecified atom stereocenters. The highest BCUT2D eigenvalue weighted by molar-refractivity contribution is 5.87. The molecule has 2 aromatic heterocycles. The van der Waals surface area contributed by atoms with Gasteiger partial charge in [-0.3, -0.25) is 9.69 Å². The third kappa shape index (κ3) is 12.0. The number of aldehydes is 1. The van der Waals surface area contributed by atoms with E-state index in [1.54, 1.807) is 18.3 Å². The SMILES string of the molecule is CC.CC=O.CN(CCCCCCCCNCC(O)c1ccc(O)c2[nH]c(=O)ccc12)Cc1cnc(C(O)(C2=CCC=CC=C2)c2ccccc2)o1. The summed E-state index contributed by atoms with van der Waals surface area (Å²) in [6.07, 6.45) is 19.1. The van der Waals surface area contributed by atoms with Gasteiger partial charge in [-0.25, -0.2) is 4.98 Å². The Balaban J connectivity index is 0.00000139. The van der Waals surface area contributed by atoms with Gasteiger partial charge in [-0.15, -0.1) is 0 Å². The molecule has 2 aromatic carbocycles. The van der Waals surface area contributed by atoms with E-state index in [0.29, 0.717) is 29.6 Å². The van der Waals surface area contributed by atoms with Gasteiger partial charge < -0.3 is 34.8 Å². The minimum Gasteiger partial charge on any atom is -0.506 e. The number of aromatic nitrogens is 2. The average molecular weight is 713 g/mol. The van der Waals surface area contributed by atoms with Gasteiger partial charge in [-0.05, 0) is 75.2 Å². The Morgan fingerprint density at radius 2 is 1.73 bits per heavy atom. The first-order valence-electron chi connectivity index (χ1n) is 18.4. The number of unbranched alkanes of at least 4 members (excludes halogenated alkanes) is 5. The number of carbonyl (C=O) groups is 1. The number of H-pyrrole nitrogens is 1. The van der Waals surface area contributed by atoms with Crippen molar-refractivity contribution in [2.24, 2.45) is 0 Å². The summed E-state index contributed by atoms with van der Waals surface area (Å²) in [4.78, 5) is 29.8. The van der Waals surface area contributed by atoms with Gasteiger partial charge in [0.1, 0.15) is 17.8 Å². The molecule has 0 saturated carbocycles. The van der Waals surface area contributed by atoms with Crippen molar-refractivity contribution < 1.29 is 24.5 Å².